The summed E-state index contributed by atoms with van der Waals surface area (Å²) in [6.45, 7) is 2.08. The number of hydrogen-bond donors (Lipinski definition) is 1. The van der Waals surface area contributed by atoms with Crippen LogP contribution in [0.15, 0.2) is 0 Å². The van der Waals surface area contributed by atoms with E-state index in [4.69, 9.17) is 6.42 Å². The van der Waals surface area contributed by atoms with Gasteiger partial charge in [-0.25, -0.2) is 0 Å². The molecule has 0 spiro atoms. The summed E-state index contributed by atoms with van der Waals surface area (Å²) in [4.78, 5) is 21.5. The van der Waals surface area contributed by atoms with Gasteiger partial charge >= 0.3 is 0 Å². The monoisotopic (exact) mass is 181 g/mol. The SMILES string of the molecule is C#CCCCNC(=O)CCC(C)=O. The van der Waals surface area contributed by atoms with Gasteiger partial charge in [0.2, 0.25) is 5.91 Å². The molecule has 0 rings (SSSR count). The average Bonchev–Trinajstić information content (AvgIpc) is 2.09. The van der Waals surface area contributed by atoms with Crippen molar-refractivity contribution in [1.82, 2.24) is 5.32 Å². The Morgan fingerprint density at radius 3 is 2.62 bits per heavy atom. The van der Waals surface area contributed by atoms with Crippen LogP contribution < -0.4 is 5.32 Å². The van der Waals surface area contributed by atoms with Crippen molar-refractivity contribution < 1.29 is 9.59 Å². The molecule has 0 bridgehead atoms. The smallest absolute Gasteiger partial charge is 0.220 e. The first-order valence-corrected chi connectivity index (χ1v) is 4.36. The minimum absolute atomic E-state index is 0.0405. The molecule has 0 aromatic rings. The van der Waals surface area contributed by atoms with Crippen LogP contribution >= 0.6 is 0 Å². The first kappa shape index (κ1) is 11.7. The molecule has 1 amide bonds. The zero-order chi connectivity index (χ0) is 10.1. The zero-order valence-corrected chi connectivity index (χ0v) is 7.93. The summed E-state index contributed by atoms with van der Waals surface area (Å²) in [5, 5.41) is 2.69. The molecule has 0 saturated carbocycles. The molecule has 0 aromatic heterocycles. The molecule has 3 nitrogen and oxygen atoms in total. The van der Waals surface area contributed by atoms with Gasteiger partial charge in [0.15, 0.2) is 0 Å². The molecular formula is C10H15NO2. The number of nitrogens with one attached hydrogen (secondary N) is 1. The van der Waals surface area contributed by atoms with E-state index in [2.05, 4.69) is 11.2 Å². The summed E-state index contributed by atoms with van der Waals surface area (Å²) in [5.41, 5.74) is 0. The second-order valence-electron chi connectivity index (χ2n) is 2.86. The Labute approximate surface area is 78.9 Å². The van der Waals surface area contributed by atoms with E-state index < -0.39 is 0 Å². The summed E-state index contributed by atoms with van der Waals surface area (Å²) in [6, 6.07) is 0. The minimum Gasteiger partial charge on any atom is -0.356 e. The van der Waals surface area contributed by atoms with Crippen molar-refractivity contribution >= 4 is 11.7 Å². The molecule has 0 aliphatic carbocycles. The fraction of sp³-hybridized carbons (Fsp3) is 0.600. The summed E-state index contributed by atoms with van der Waals surface area (Å²) in [7, 11) is 0. The number of amides is 1. The molecule has 0 atom stereocenters. The highest BCUT2D eigenvalue weighted by molar-refractivity contribution is 5.83. The summed E-state index contributed by atoms with van der Waals surface area (Å²) in [5.74, 6) is 2.45. The lowest BCUT2D eigenvalue weighted by molar-refractivity contribution is -0.124. The van der Waals surface area contributed by atoms with Crippen molar-refractivity contribution in [1.29, 1.82) is 0 Å². The van der Waals surface area contributed by atoms with Gasteiger partial charge in [0, 0.05) is 25.8 Å². The molecule has 0 aliphatic heterocycles. The lowest BCUT2D eigenvalue weighted by Gasteiger charge is -2.01. The third kappa shape index (κ3) is 8.61. The normalized spacial score (nSPS) is 8.92. The predicted molar refractivity (Wildman–Crippen MR) is 51.0 cm³/mol. The van der Waals surface area contributed by atoms with Crippen LogP contribution in [0.2, 0.25) is 0 Å². The maximum absolute atomic E-state index is 11.0. The fourth-order valence-corrected chi connectivity index (χ4v) is 0.796. The van der Waals surface area contributed by atoms with E-state index in [-0.39, 0.29) is 18.1 Å². The van der Waals surface area contributed by atoms with Crippen molar-refractivity contribution in [2.75, 3.05) is 6.54 Å². The number of rotatable bonds is 6. The van der Waals surface area contributed by atoms with E-state index in [1.54, 1.807) is 0 Å². The van der Waals surface area contributed by atoms with Crippen LogP contribution in [-0.4, -0.2) is 18.2 Å². The third-order valence-electron chi connectivity index (χ3n) is 1.52. The summed E-state index contributed by atoms with van der Waals surface area (Å²) < 4.78 is 0. The van der Waals surface area contributed by atoms with Gasteiger partial charge in [-0.2, -0.15) is 0 Å². The van der Waals surface area contributed by atoms with E-state index in [9.17, 15) is 9.59 Å². The number of unbranched alkanes of at least 4 members (excludes halogenated alkanes) is 1. The summed E-state index contributed by atoms with van der Waals surface area (Å²) >= 11 is 0. The summed E-state index contributed by atoms with van der Waals surface area (Å²) in [6.07, 6.45) is 7.11. The maximum Gasteiger partial charge on any atom is 0.220 e. The van der Waals surface area contributed by atoms with Crippen LogP contribution in [0.1, 0.15) is 32.6 Å². The molecule has 0 unspecified atom stereocenters. The minimum atomic E-state index is -0.0766. The average molecular weight is 181 g/mol. The Morgan fingerprint density at radius 2 is 2.08 bits per heavy atom. The van der Waals surface area contributed by atoms with Gasteiger partial charge in [-0.05, 0) is 13.3 Å². The number of hydrogen-bond acceptors (Lipinski definition) is 2. The van der Waals surface area contributed by atoms with Crippen molar-refractivity contribution in [3.8, 4) is 12.3 Å². The molecule has 0 aromatic carbocycles. The Morgan fingerprint density at radius 1 is 1.38 bits per heavy atom. The van der Waals surface area contributed by atoms with Crippen LogP contribution in [-0.2, 0) is 9.59 Å². The molecular weight excluding hydrogens is 166 g/mol. The number of ketones is 1. The van der Waals surface area contributed by atoms with Crippen LogP contribution in [0.5, 0.6) is 0 Å². The second kappa shape index (κ2) is 7.35. The molecule has 0 radical (unpaired) electrons. The Bertz CT molecular complexity index is 215. The highest BCUT2D eigenvalue weighted by Crippen LogP contribution is 1.90. The molecule has 72 valence electrons. The van der Waals surface area contributed by atoms with E-state index in [1.807, 2.05) is 0 Å². The molecule has 1 N–H and O–H groups in total. The van der Waals surface area contributed by atoms with Crippen LogP contribution in [0.3, 0.4) is 0 Å². The molecule has 0 heterocycles. The first-order chi connectivity index (χ1) is 6.16. The van der Waals surface area contributed by atoms with Gasteiger partial charge < -0.3 is 10.1 Å². The Hall–Kier alpha value is -1.30. The standard InChI is InChI=1S/C10H15NO2/c1-3-4-5-8-11-10(13)7-6-9(2)12/h1H,4-8H2,2H3,(H,11,13). The molecule has 0 saturated heterocycles. The number of terminal acetylenes is 1. The molecule has 0 fully saturated rings. The first-order valence-electron chi connectivity index (χ1n) is 4.36. The maximum atomic E-state index is 11.0. The van der Waals surface area contributed by atoms with Gasteiger partial charge in [0.05, 0.1) is 0 Å². The van der Waals surface area contributed by atoms with E-state index in [0.29, 0.717) is 19.4 Å². The number of carbonyl (C=O) groups excluding carboxylic acids is 2. The Kier molecular flexibility index (Phi) is 6.62. The second-order valence-corrected chi connectivity index (χ2v) is 2.86. The Balaban J connectivity index is 3.31. The van der Waals surface area contributed by atoms with E-state index in [0.717, 1.165) is 6.42 Å². The highest BCUT2D eigenvalue weighted by atomic mass is 16.2. The fourth-order valence-electron chi connectivity index (χ4n) is 0.796. The van der Waals surface area contributed by atoms with Gasteiger partial charge in [-0.1, -0.05) is 0 Å². The van der Waals surface area contributed by atoms with Crippen LogP contribution in [0.25, 0.3) is 0 Å². The number of Topliss-reactive ketones (excluding diaryl/α,β-unsaturated/α-hetero) is 1. The van der Waals surface area contributed by atoms with Crippen molar-refractivity contribution in [3.05, 3.63) is 0 Å². The topological polar surface area (TPSA) is 46.2 Å². The van der Waals surface area contributed by atoms with Gasteiger partial charge in [-0.3, -0.25) is 4.79 Å². The quantitative estimate of drug-likeness (QED) is 0.488. The van der Waals surface area contributed by atoms with Gasteiger partial charge in [0.1, 0.15) is 5.78 Å². The number of carbonyl (C=O) groups is 2. The molecule has 0 aliphatic rings. The van der Waals surface area contributed by atoms with Gasteiger partial charge in [-0.15, -0.1) is 12.3 Å². The zero-order valence-electron chi connectivity index (χ0n) is 7.93. The third-order valence-corrected chi connectivity index (χ3v) is 1.52. The highest BCUT2D eigenvalue weighted by Gasteiger charge is 2.01. The van der Waals surface area contributed by atoms with E-state index >= 15 is 0 Å². The largest absolute Gasteiger partial charge is 0.356 e. The van der Waals surface area contributed by atoms with Crippen LogP contribution in [0, 0.1) is 12.3 Å². The lowest BCUT2D eigenvalue weighted by atomic mass is 10.2. The van der Waals surface area contributed by atoms with E-state index in [1.165, 1.54) is 6.92 Å². The lowest BCUT2D eigenvalue weighted by Crippen LogP contribution is -2.24. The van der Waals surface area contributed by atoms with Crippen molar-refractivity contribution in [2.45, 2.75) is 32.6 Å². The predicted octanol–water partition coefficient (Wildman–Crippen LogP) is 0.885. The van der Waals surface area contributed by atoms with Crippen molar-refractivity contribution in [3.63, 3.8) is 0 Å². The van der Waals surface area contributed by atoms with Crippen molar-refractivity contribution in [2.24, 2.45) is 0 Å². The van der Waals surface area contributed by atoms with Gasteiger partial charge in [0.25, 0.3) is 0 Å². The molecule has 13 heavy (non-hydrogen) atoms. The molecule has 3 heteroatoms. The van der Waals surface area contributed by atoms with Crippen LogP contribution in [0.4, 0.5) is 0 Å².